The van der Waals surface area contributed by atoms with Crippen molar-refractivity contribution in [1.29, 1.82) is 0 Å². The van der Waals surface area contributed by atoms with Crippen LogP contribution in [0.2, 0.25) is 0 Å². The smallest absolute Gasteiger partial charge is 0.247 e. The van der Waals surface area contributed by atoms with E-state index in [1.54, 1.807) is 26.0 Å². The first kappa shape index (κ1) is 24.0. The van der Waals surface area contributed by atoms with Gasteiger partial charge in [0.1, 0.15) is 22.9 Å². The van der Waals surface area contributed by atoms with E-state index >= 15 is 0 Å². The van der Waals surface area contributed by atoms with E-state index in [4.69, 9.17) is 4.74 Å². The van der Waals surface area contributed by atoms with E-state index in [0.717, 1.165) is 12.5 Å². The normalized spacial score (nSPS) is 25.4. The first-order valence-corrected chi connectivity index (χ1v) is 12.4. The fourth-order valence-corrected chi connectivity index (χ4v) is 5.66. The summed E-state index contributed by atoms with van der Waals surface area (Å²) in [6, 6.07) is 4.22. The van der Waals surface area contributed by atoms with Crippen molar-refractivity contribution in [3.8, 4) is 17.6 Å². The Balaban J connectivity index is 2.00. The molecule has 4 atom stereocenters. The number of aliphatic hydroxyl groups excluding tert-OH is 2. The number of nitrogens with zero attached hydrogens (tertiary/aromatic N) is 2. The second kappa shape index (κ2) is 9.88. The van der Waals surface area contributed by atoms with Gasteiger partial charge in [0.15, 0.2) is 0 Å². The molecule has 31 heavy (non-hydrogen) atoms. The van der Waals surface area contributed by atoms with E-state index in [9.17, 15) is 18.6 Å². The molecule has 0 radical (unpaired) electrons. The van der Waals surface area contributed by atoms with Crippen LogP contribution in [0.4, 0.5) is 0 Å². The summed E-state index contributed by atoms with van der Waals surface area (Å²) in [7, 11) is -1.79. The van der Waals surface area contributed by atoms with Gasteiger partial charge in [-0.3, -0.25) is 0 Å². The molecule has 0 spiro atoms. The summed E-state index contributed by atoms with van der Waals surface area (Å²) in [6.45, 7) is 6.98. The van der Waals surface area contributed by atoms with Crippen LogP contribution in [0.5, 0.6) is 5.75 Å². The minimum absolute atomic E-state index is 0.0780. The fraction of sp³-hybridized carbons (Fsp3) is 0.652. The first-order chi connectivity index (χ1) is 14.6. The number of ether oxygens (including phenoxy) is 1. The van der Waals surface area contributed by atoms with Crippen molar-refractivity contribution in [3.63, 3.8) is 0 Å². The molecule has 1 aliphatic carbocycles. The minimum Gasteiger partial charge on any atom is -0.487 e. The van der Waals surface area contributed by atoms with Crippen molar-refractivity contribution in [3.05, 3.63) is 23.8 Å². The number of fused-ring (bicyclic) bond motifs is 1. The Hall–Kier alpha value is -1.63. The molecule has 8 heteroatoms. The summed E-state index contributed by atoms with van der Waals surface area (Å²) >= 11 is 0. The van der Waals surface area contributed by atoms with Crippen molar-refractivity contribution in [2.24, 2.45) is 11.8 Å². The zero-order valence-electron chi connectivity index (χ0n) is 18.8. The third kappa shape index (κ3) is 5.99. The van der Waals surface area contributed by atoms with Gasteiger partial charge < -0.3 is 19.8 Å². The van der Waals surface area contributed by atoms with Crippen LogP contribution in [0.25, 0.3) is 0 Å². The number of sulfonamides is 1. The number of hydrogen-bond donors (Lipinski definition) is 2. The Morgan fingerprint density at radius 3 is 2.61 bits per heavy atom. The Morgan fingerprint density at radius 1 is 1.29 bits per heavy atom. The predicted molar refractivity (Wildman–Crippen MR) is 119 cm³/mol. The highest BCUT2D eigenvalue weighted by atomic mass is 32.2. The lowest BCUT2D eigenvalue weighted by Crippen LogP contribution is -2.49. The van der Waals surface area contributed by atoms with Crippen molar-refractivity contribution in [2.75, 3.05) is 33.3 Å². The summed E-state index contributed by atoms with van der Waals surface area (Å²) < 4.78 is 34.6. The van der Waals surface area contributed by atoms with Gasteiger partial charge in [0.25, 0.3) is 0 Å². The summed E-state index contributed by atoms with van der Waals surface area (Å²) in [6.07, 6.45) is 1.53. The van der Waals surface area contributed by atoms with Crippen LogP contribution in [-0.4, -0.2) is 79.4 Å². The van der Waals surface area contributed by atoms with E-state index in [1.165, 1.54) is 23.2 Å². The standard InChI is InChI=1S/C23H34N2O5S/c1-16-12-25(17(2)15-26)31(28,29)23-10-9-19(6-5-18(3)27)11-21(23)30-22(16)14-24(4)13-20-7-8-20/h9-11,16-18,20,22,26-27H,7-8,12-15H2,1-4H3/t16-,17-,18-,22-/m0/s1. The maximum absolute atomic E-state index is 13.4. The predicted octanol–water partition coefficient (Wildman–Crippen LogP) is 1.53. The van der Waals surface area contributed by atoms with Crippen LogP contribution in [0.3, 0.4) is 0 Å². The lowest BCUT2D eigenvalue weighted by atomic mass is 10.0. The van der Waals surface area contributed by atoms with Crippen molar-refractivity contribution in [2.45, 2.75) is 56.8 Å². The second-order valence-electron chi connectivity index (χ2n) is 9.01. The molecule has 1 aliphatic heterocycles. The molecule has 0 saturated heterocycles. The molecule has 2 N–H and O–H groups in total. The van der Waals surface area contributed by atoms with Gasteiger partial charge in [0.05, 0.1) is 6.61 Å². The highest BCUT2D eigenvalue weighted by Crippen LogP contribution is 2.35. The van der Waals surface area contributed by atoms with Gasteiger partial charge in [-0.25, -0.2) is 8.42 Å². The SMILES string of the molecule is C[C@H](O)C#Cc1ccc2c(c1)O[C@@H](CN(C)CC1CC1)[C@@H](C)CN([C@@H](C)CO)S2(=O)=O. The maximum atomic E-state index is 13.4. The molecule has 1 fully saturated rings. The lowest BCUT2D eigenvalue weighted by Gasteiger charge is -2.37. The monoisotopic (exact) mass is 450 g/mol. The minimum atomic E-state index is -3.86. The van der Waals surface area contributed by atoms with Crippen LogP contribution in [-0.2, 0) is 10.0 Å². The zero-order chi connectivity index (χ0) is 22.8. The molecule has 172 valence electrons. The third-order valence-electron chi connectivity index (χ3n) is 5.85. The van der Waals surface area contributed by atoms with Gasteiger partial charge in [-0.2, -0.15) is 4.31 Å². The van der Waals surface area contributed by atoms with Gasteiger partial charge in [-0.1, -0.05) is 18.8 Å². The molecule has 1 aromatic rings. The molecule has 3 rings (SSSR count). The second-order valence-corrected chi connectivity index (χ2v) is 10.9. The number of aliphatic hydroxyl groups is 2. The summed E-state index contributed by atoms with van der Waals surface area (Å²) in [4.78, 5) is 2.34. The summed E-state index contributed by atoms with van der Waals surface area (Å²) in [5.74, 6) is 6.48. The maximum Gasteiger partial charge on any atom is 0.247 e. The molecule has 1 aromatic carbocycles. The highest BCUT2D eigenvalue weighted by molar-refractivity contribution is 7.89. The zero-order valence-corrected chi connectivity index (χ0v) is 19.6. The van der Waals surface area contributed by atoms with E-state index in [-0.39, 0.29) is 35.8 Å². The number of hydrogen-bond acceptors (Lipinski definition) is 6. The molecule has 0 aromatic heterocycles. The summed E-state index contributed by atoms with van der Waals surface area (Å²) in [5.41, 5.74) is 0.579. The average Bonchev–Trinajstić information content (AvgIpc) is 3.52. The Labute approximate surface area is 186 Å². The van der Waals surface area contributed by atoms with Crippen LogP contribution < -0.4 is 4.74 Å². The van der Waals surface area contributed by atoms with Gasteiger partial charge >= 0.3 is 0 Å². The molecule has 0 unspecified atom stereocenters. The van der Waals surface area contributed by atoms with Gasteiger partial charge in [0.2, 0.25) is 10.0 Å². The Morgan fingerprint density at radius 2 is 2.00 bits per heavy atom. The molecule has 0 bridgehead atoms. The van der Waals surface area contributed by atoms with Gasteiger partial charge in [-0.05, 0) is 57.9 Å². The molecule has 1 heterocycles. The Kier molecular flexibility index (Phi) is 7.66. The number of rotatable bonds is 6. The van der Waals surface area contributed by atoms with E-state index < -0.39 is 22.2 Å². The highest BCUT2D eigenvalue weighted by Gasteiger charge is 2.38. The average molecular weight is 451 g/mol. The third-order valence-corrected chi connectivity index (χ3v) is 7.87. The molecular weight excluding hydrogens is 416 g/mol. The topological polar surface area (TPSA) is 90.3 Å². The number of likely N-dealkylation sites (N-methyl/N-ethyl adjacent to an activating group) is 1. The summed E-state index contributed by atoms with van der Waals surface area (Å²) in [5, 5.41) is 19.2. The molecule has 1 saturated carbocycles. The number of benzene rings is 1. The van der Waals surface area contributed by atoms with E-state index in [2.05, 4.69) is 23.8 Å². The molecular formula is C23H34N2O5S. The van der Waals surface area contributed by atoms with Crippen LogP contribution >= 0.6 is 0 Å². The largest absolute Gasteiger partial charge is 0.487 e. The van der Waals surface area contributed by atoms with Gasteiger partial charge in [-0.15, -0.1) is 0 Å². The Bertz CT molecular complexity index is 933. The molecule has 2 aliphatic rings. The van der Waals surface area contributed by atoms with Crippen molar-refractivity contribution in [1.82, 2.24) is 9.21 Å². The first-order valence-electron chi connectivity index (χ1n) is 10.9. The quantitative estimate of drug-likeness (QED) is 0.639. The van der Waals surface area contributed by atoms with Crippen LogP contribution in [0.15, 0.2) is 23.1 Å². The van der Waals surface area contributed by atoms with Crippen LogP contribution in [0.1, 0.15) is 39.2 Å². The fourth-order valence-electron chi connectivity index (χ4n) is 3.83. The van der Waals surface area contributed by atoms with E-state index in [0.29, 0.717) is 12.1 Å². The molecule has 7 nitrogen and oxygen atoms in total. The van der Waals surface area contributed by atoms with Gasteiger partial charge in [0, 0.05) is 37.2 Å². The lowest BCUT2D eigenvalue weighted by molar-refractivity contribution is 0.0740. The van der Waals surface area contributed by atoms with Crippen LogP contribution in [0, 0.1) is 23.7 Å². The molecule has 0 amide bonds. The van der Waals surface area contributed by atoms with Crippen molar-refractivity contribution >= 4 is 10.0 Å². The van der Waals surface area contributed by atoms with Crippen molar-refractivity contribution < 1.29 is 23.4 Å². The van der Waals surface area contributed by atoms with E-state index in [1.807, 2.05) is 6.92 Å².